The van der Waals surface area contributed by atoms with Crippen molar-refractivity contribution in [3.05, 3.63) is 0 Å². The lowest BCUT2D eigenvalue weighted by Crippen LogP contribution is -2.61. The van der Waals surface area contributed by atoms with Gasteiger partial charge in [0.25, 0.3) is 0 Å². The lowest BCUT2D eigenvalue weighted by Gasteiger charge is -2.43. The first kappa shape index (κ1) is 29.0. The number of alkyl halides is 3. The van der Waals surface area contributed by atoms with Crippen molar-refractivity contribution in [3.63, 3.8) is 0 Å². The lowest BCUT2D eigenvalue weighted by atomic mass is 10.0. The molecule has 11 nitrogen and oxygen atoms in total. The van der Waals surface area contributed by atoms with Crippen LogP contribution in [-0.2, 0) is 19.0 Å². The summed E-state index contributed by atoms with van der Waals surface area (Å²) in [6.07, 6.45) is -9.39. The van der Waals surface area contributed by atoms with E-state index in [0.29, 0.717) is 0 Å². The smallest absolute Gasteiger partial charge is 0.320 e. The number of nitrogens with two attached hydrogens (primary N) is 1. The van der Waals surface area contributed by atoms with Gasteiger partial charge in [0.1, 0.15) is 42.7 Å². The van der Waals surface area contributed by atoms with E-state index >= 15 is 0 Å². The van der Waals surface area contributed by atoms with Crippen molar-refractivity contribution in [3.8, 4) is 0 Å². The Labute approximate surface area is 194 Å². The number of carboxylic acids is 1. The summed E-state index contributed by atoms with van der Waals surface area (Å²) >= 11 is 17.3. The quantitative estimate of drug-likeness (QED) is 0.193. The molecule has 14 heteroatoms. The van der Waals surface area contributed by atoms with Gasteiger partial charge in [0.05, 0.1) is 23.7 Å². The molecule has 31 heavy (non-hydrogen) atoms. The molecule has 2 aliphatic rings. The van der Waals surface area contributed by atoms with E-state index in [2.05, 4.69) is 0 Å². The normalized spacial score (nSPS) is 41.5. The van der Waals surface area contributed by atoms with Crippen molar-refractivity contribution in [2.75, 3.05) is 18.4 Å². The van der Waals surface area contributed by atoms with Crippen molar-refractivity contribution in [1.29, 1.82) is 0 Å². The lowest BCUT2D eigenvalue weighted by molar-refractivity contribution is -0.357. The van der Waals surface area contributed by atoms with Gasteiger partial charge in [-0.3, -0.25) is 4.79 Å². The summed E-state index contributed by atoms with van der Waals surface area (Å²) in [5.41, 5.74) is 5.16. The highest BCUT2D eigenvalue weighted by Gasteiger charge is 2.58. The van der Waals surface area contributed by atoms with Gasteiger partial charge >= 0.3 is 5.97 Å². The van der Waals surface area contributed by atoms with Crippen LogP contribution in [0.15, 0.2) is 0 Å². The van der Waals surface area contributed by atoms with Crippen LogP contribution in [0.25, 0.3) is 0 Å². The molecule has 0 aromatic carbocycles. The standard InChI is InChI=1S/C12H19Cl3O8.C5H11NO2/c13-1-4-7(17)10(20)12(3-14,22-4)23-11-9(19)8(18)6(15)5(2-16)21-11;1-3(2)4(6)5(7)8/h4-11,16-20H,1-3H2;3-4H,6H2,1-2H3,(H,7,8)/t4-,5-,6+,7-,8+,9-,10+,11-,12+;4-/m10/s1. The minimum atomic E-state index is -1.90. The van der Waals surface area contributed by atoms with E-state index in [0.717, 1.165) is 0 Å². The molecule has 0 radical (unpaired) electrons. The molecule has 2 aliphatic heterocycles. The number of aliphatic hydroxyl groups excluding tert-OH is 5. The van der Waals surface area contributed by atoms with Crippen LogP contribution in [0.3, 0.4) is 0 Å². The van der Waals surface area contributed by atoms with Gasteiger partial charge in [0.2, 0.25) is 5.79 Å². The highest BCUT2D eigenvalue weighted by molar-refractivity contribution is 6.21. The Morgan fingerprint density at radius 2 is 1.71 bits per heavy atom. The van der Waals surface area contributed by atoms with E-state index in [1.165, 1.54) is 0 Å². The van der Waals surface area contributed by atoms with Crippen LogP contribution in [0.5, 0.6) is 0 Å². The Hall–Kier alpha value is -0.0200. The molecule has 0 amide bonds. The average Bonchev–Trinajstić information content (AvgIpc) is 2.98. The molecule has 2 saturated heterocycles. The van der Waals surface area contributed by atoms with E-state index in [1.807, 2.05) is 0 Å². The molecule has 0 unspecified atom stereocenters. The number of rotatable bonds is 7. The maximum Gasteiger partial charge on any atom is 0.320 e. The molecule has 8 N–H and O–H groups in total. The Kier molecular flexibility index (Phi) is 11.6. The highest BCUT2D eigenvalue weighted by Crippen LogP contribution is 2.37. The molecule has 184 valence electrons. The number of hydrogen-bond acceptors (Lipinski definition) is 10. The molecule has 2 fully saturated rings. The molecular weight excluding hydrogens is 485 g/mol. The summed E-state index contributed by atoms with van der Waals surface area (Å²) in [6, 6.07) is -0.713. The topological polar surface area (TPSA) is 192 Å². The van der Waals surface area contributed by atoms with E-state index in [1.54, 1.807) is 13.8 Å². The van der Waals surface area contributed by atoms with E-state index in [9.17, 15) is 30.3 Å². The maximum atomic E-state index is 10.1. The van der Waals surface area contributed by atoms with Crippen LogP contribution in [0.4, 0.5) is 0 Å². The van der Waals surface area contributed by atoms with Crippen molar-refractivity contribution < 1.29 is 49.6 Å². The van der Waals surface area contributed by atoms with Crippen LogP contribution in [0.2, 0.25) is 0 Å². The van der Waals surface area contributed by atoms with Crippen molar-refractivity contribution in [1.82, 2.24) is 0 Å². The molecule has 2 rings (SSSR count). The number of halogens is 3. The fraction of sp³-hybridized carbons (Fsp3) is 0.941. The molecule has 0 spiro atoms. The zero-order valence-corrected chi connectivity index (χ0v) is 19.2. The summed E-state index contributed by atoms with van der Waals surface area (Å²) in [4.78, 5) is 10.0. The zero-order chi connectivity index (χ0) is 24.1. The SMILES string of the molecule is CC(C)[C@H](N)C(=O)O.OC[C@H]1O[C@H](O[C@]2(CCl)O[C@H](CCl)[C@@H](O)[C@@H]2O)[C@H](O)[C@@H](O)[C@H]1Cl. The predicted molar refractivity (Wildman–Crippen MR) is 110 cm³/mol. The van der Waals surface area contributed by atoms with Crippen LogP contribution in [0, 0.1) is 5.92 Å². The molecule has 2 heterocycles. The number of aliphatic carboxylic acids is 1. The van der Waals surface area contributed by atoms with Crippen LogP contribution in [0.1, 0.15) is 13.8 Å². The molecule has 0 aromatic heterocycles. The van der Waals surface area contributed by atoms with Gasteiger partial charge in [-0.05, 0) is 5.92 Å². The largest absolute Gasteiger partial charge is 0.480 e. The molecule has 10 atom stereocenters. The molecule has 0 saturated carbocycles. The minimum absolute atomic E-state index is 0.0208. The second-order valence-electron chi connectivity index (χ2n) is 7.57. The van der Waals surface area contributed by atoms with Crippen molar-refractivity contribution in [2.45, 2.75) is 74.0 Å². The second-order valence-corrected chi connectivity index (χ2v) is 8.65. The van der Waals surface area contributed by atoms with E-state index in [-0.39, 0.29) is 11.8 Å². The summed E-state index contributed by atoms with van der Waals surface area (Å²) in [5.74, 6) is -3.34. The van der Waals surface area contributed by atoms with E-state index in [4.69, 9.17) is 59.9 Å². The van der Waals surface area contributed by atoms with Crippen LogP contribution >= 0.6 is 34.8 Å². The number of aliphatic hydroxyl groups is 5. The highest BCUT2D eigenvalue weighted by atomic mass is 35.5. The fourth-order valence-corrected chi connectivity index (χ4v) is 3.66. The van der Waals surface area contributed by atoms with Gasteiger partial charge in [0.15, 0.2) is 6.29 Å². The minimum Gasteiger partial charge on any atom is -0.480 e. The first-order valence-corrected chi connectivity index (χ1v) is 11.0. The Morgan fingerprint density at radius 1 is 1.13 bits per heavy atom. The third-order valence-corrected chi connectivity index (χ3v) is 6.18. The third kappa shape index (κ3) is 6.75. The van der Waals surface area contributed by atoms with Gasteiger partial charge in [-0.25, -0.2) is 0 Å². The van der Waals surface area contributed by atoms with Crippen LogP contribution < -0.4 is 5.73 Å². The number of ether oxygens (including phenoxy) is 3. The third-order valence-electron chi connectivity index (χ3n) is 4.96. The summed E-state index contributed by atoms with van der Waals surface area (Å²) in [5, 5.41) is 56.4. The maximum absolute atomic E-state index is 10.1. The van der Waals surface area contributed by atoms with Crippen molar-refractivity contribution in [2.24, 2.45) is 11.7 Å². The first-order valence-electron chi connectivity index (χ1n) is 9.45. The summed E-state index contributed by atoms with van der Waals surface area (Å²) in [7, 11) is 0. The Balaban J connectivity index is 0.000000512. The van der Waals surface area contributed by atoms with Gasteiger partial charge in [-0.15, -0.1) is 34.8 Å². The van der Waals surface area contributed by atoms with Gasteiger partial charge in [0, 0.05) is 0 Å². The van der Waals surface area contributed by atoms with Gasteiger partial charge in [-0.2, -0.15) is 0 Å². The molecular formula is C17H30Cl3NO10. The molecule has 0 aromatic rings. The van der Waals surface area contributed by atoms with Gasteiger partial charge < -0.3 is 50.6 Å². The Morgan fingerprint density at radius 3 is 2.06 bits per heavy atom. The summed E-state index contributed by atoms with van der Waals surface area (Å²) < 4.78 is 16.1. The number of hydrogen-bond donors (Lipinski definition) is 7. The fourth-order valence-electron chi connectivity index (χ4n) is 2.84. The number of carboxylic acid groups (broad SMARTS) is 1. The summed E-state index contributed by atoms with van der Waals surface area (Å²) in [6.45, 7) is 3.03. The first-order chi connectivity index (χ1) is 14.4. The monoisotopic (exact) mass is 513 g/mol. The van der Waals surface area contributed by atoms with Crippen molar-refractivity contribution >= 4 is 40.8 Å². The number of carbonyl (C=O) groups is 1. The van der Waals surface area contributed by atoms with Crippen LogP contribution in [-0.4, -0.2) is 115 Å². The molecule has 0 aliphatic carbocycles. The second kappa shape index (κ2) is 12.4. The van der Waals surface area contributed by atoms with E-state index < -0.39 is 78.6 Å². The zero-order valence-electron chi connectivity index (χ0n) is 16.9. The predicted octanol–water partition coefficient (Wildman–Crippen LogP) is -1.60. The average molecular weight is 515 g/mol. The Bertz CT molecular complexity index is 574. The van der Waals surface area contributed by atoms with Gasteiger partial charge in [-0.1, -0.05) is 13.8 Å². The molecule has 0 bridgehead atoms.